The lowest BCUT2D eigenvalue weighted by atomic mass is 9.78. The Kier molecular flexibility index (Phi) is 3.28. The molecule has 1 aromatic carbocycles. The van der Waals surface area contributed by atoms with Crippen molar-refractivity contribution in [3.8, 4) is 0 Å². The molecule has 5 nitrogen and oxygen atoms in total. The zero-order valence-electron chi connectivity index (χ0n) is 10.7. The molecule has 0 aliphatic rings. The number of rotatable bonds is 4. The largest absolute Gasteiger partial charge is 0.417 e. The average Bonchev–Trinajstić information content (AvgIpc) is 2.66. The van der Waals surface area contributed by atoms with Gasteiger partial charge in [0.2, 0.25) is 0 Å². The van der Waals surface area contributed by atoms with Gasteiger partial charge in [0.05, 0.1) is 5.52 Å². The molecule has 0 aliphatic heterocycles. The van der Waals surface area contributed by atoms with Crippen molar-refractivity contribution in [1.29, 1.82) is 0 Å². The van der Waals surface area contributed by atoms with Crippen LogP contribution >= 0.6 is 0 Å². The molecule has 1 aromatic heterocycles. The fourth-order valence-electron chi connectivity index (χ4n) is 2.14. The van der Waals surface area contributed by atoms with E-state index >= 15 is 0 Å². The van der Waals surface area contributed by atoms with Gasteiger partial charge in [0, 0.05) is 6.04 Å². The van der Waals surface area contributed by atoms with E-state index in [9.17, 15) is 4.79 Å². The molecule has 0 amide bonds. The van der Waals surface area contributed by atoms with Gasteiger partial charge in [-0.3, -0.25) is 4.98 Å². The van der Waals surface area contributed by atoms with Crippen molar-refractivity contribution in [2.75, 3.05) is 6.54 Å². The minimum absolute atomic E-state index is 0.0908. The van der Waals surface area contributed by atoms with E-state index < -0.39 is 5.76 Å². The van der Waals surface area contributed by atoms with E-state index in [-0.39, 0.29) is 11.5 Å². The van der Waals surface area contributed by atoms with E-state index in [1.807, 2.05) is 12.1 Å². The number of aromatic amines is 1. The fraction of sp³-hybridized carbons (Fsp3) is 0.462. The molecule has 0 aliphatic carbocycles. The molecule has 0 spiro atoms. The highest BCUT2D eigenvalue weighted by Crippen LogP contribution is 2.34. The first-order chi connectivity index (χ1) is 8.44. The van der Waals surface area contributed by atoms with Crippen molar-refractivity contribution >= 4 is 11.1 Å². The quantitative estimate of drug-likeness (QED) is 0.764. The standard InChI is InChI=1S/C13H19N3O2/c1-13(2,5-6-14)11(15)8-3-4-10-9(7-8)16-12(17)18-10/h3-4,7,11H,5-6,14-15H2,1-2H3,(H,16,17). The molecule has 2 aromatic rings. The zero-order chi connectivity index (χ0) is 13.3. The van der Waals surface area contributed by atoms with Crippen LogP contribution in [0.5, 0.6) is 0 Å². The van der Waals surface area contributed by atoms with E-state index in [4.69, 9.17) is 15.9 Å². The molecule has 5 heteroatoms. The van der Waals surface area contributed by atoms with Gasteiger partial charge in [-0.1, -0.05) is 19.9 Å². The molecule has 18 heavy (non-hydrogen) atoms. The van der Waals surface area contributed by atoms with Crippen LogP contribution in [0.25, 0.3) is 11.1 Å². The number of H-pyrrole nitrogens is 1. The predicted octanol–water partition coefficient (Wildman–Crippen LogP) is 1.50. The Labute approximate surface area is 105 Å². The van der Waals surface area contributed by atoms with E-state index in [1.54, 1.807) is 6.07 Å². The van der Waals surface area contributed by atoms with Gasteiger partial charge in [0.25, 0.3) is 0 Å². The van der Waals surface area contributed by atoms with Crippen molar-refractivity contribution in [3.63, 3.8) is 0 Å². The minimum Gasteiger partial charge on any atom is -0.408 e. The maximum atomic E-state index is 11.1. The summed E-state index contributed by atoms with van der Waals surface area (Å²) in [6, 6.07) is 5.38. The molecule has 0 saturated heterocycles. The third-order valence-corrected chi connectivity index (χ3v) is 3.43. The van der Waals surface area contributed by atoms with Crippen LogP contribution in [0.4, 0.5) is 0 Å². The van der Waals surface area contributed by atoms with Crippen LogP contribution < -0.4 is 17.2 Å². The normalized spacial score (nSPS) is 14.0. The molecule has 98 valence electrons. The van der Waals surface area contributed by atoms with E-state index in [1.165, 1.54) is 0 Å². The van der Waals surface area contributed by atoms with Crippen molar-refractivity contribution in [2.45, 2.75) is 26.3 Å². The Morgan fingerprint density at radius 2 is 2.17 bits per heavy atom. The molecule has 2 rings (SSSR count). The summed E-state index contributed by atoms with van der Waals surface area (Å²) in [7, 11) is 0. The third-order valence-electron chi connectivity index (χ3n) is 3.43. The molecular weight excluding hydrogens is 230 g/mol. The summed E-state index contributed by atoms with van der Waals surface area (Å²) in [5.41, 5.74) is 14.0. The minimum atomic E-state index is -0.447. The van der Waals surface area contributed by atoms with E-state index in [0.717, 1.165) is 12.0 Å². The van der Waals surface area contributed by atoms with Crippen LogP contribution in [-0.4, -0.2) is 11.5 Å². The van der Waals surface area contributed by atoms with Crippen molar-refractivity contribution in [2.24, 2.45) is 16.9 Å². The van der Waals surface area contributed by atoms with Crippen molar-refractivity contribution in [3.05, 3.63) is 34.3 Å². The first-order valence-electron chi connectivity index (χ1n) is 6.02. The number of fused-ring (bicyclic) bond motifs is 1. The highest BCUT2D eigenvalue weighted by atomic mass is 16.4. The maximum Gasteiger partial charge on any atom is 0.417 e. The second kappa shape index (κ2) is 4.59. The van der Waals surface area contributed by atoms with Gasteiger partial charge in [-0.25, -0.2) is 4.79 Å². The fourth-order valence-corrected chi connectivity index (χ4v) is 2.14. The van der Waals surface area contributed by atoms with Crippen molar-refractivity contribution < 1.29 is 4.42 Å². The number of oxazole rings is 1. The van der Waals surface area contributed by atoms with Crippen molar-refractivity contribution in [1.82, 2.24) is 4.98 Å². The maximum absolute atomic E-state index is 11.1. The second-order valence-corrected chi connectivity index (χ2v) is 5.28. The monoisotopic (exact) mass is 249 g/mol. The zero-order valence-corrected chi connectivity index (χ0v) is 10.7. The first-order valence-corrected chi connectivity index (χ1v) is 6.02. The van der Waals surface area contributed by atoms with Crippen LogP contribution in [0, 0.1) is 5.41 Å². The van der Waals surface area contributed by atoms with Gasteiger partial charge >= 0.3 is 5.76 Å². The molecule has 1 heterocycles. The Bertz CT molecular complexity index is 598. The van der Waals surface area contributed by atoms with Crippen LogP contribution in [-0.2, 0) is 0 Å². The lowest BCUT2D eigenvalue weighted by Gasteiger charge is -2.31. The molecular formula is C13H19N3O2. The Morgan fingerprint density at radius 3 is 2.83 bits per heavy atom. The summed E-state index contributed by atoms with van der Waals surface area (Å²) < 4.78 is 4.96. The van der Waals surface area contributed by atoms with Crippen LogP contribution in [0.3, 0.4) is 0 Å². The van der Waals surface area contributed by atoms with E-state index in [2.05, 4.69) is 18.8 Å². The smallest absolute Gasteiger partial charge is 0.408 e. The van der Waals surface area contributed by atoms with Gasteiger partial charge in [-0.2, -0.15) is 0 Å². The summed E-state index contributed by atoms with van der Waals surface area (Å²) in [6.45, 7) is 4.78. The highest BCUT2D eigenvalue weighted by molar-refractivity contribution is 5.72. The van der Waals surface area contributed by atoms with Gasteiger partial charge in [-0.15, -0.1) is 0 Å². The van der Waals surface area contributed by atoms with Crippen LogP contribution in [0.2, 0.25) is 0 Å². The number of hydrogen-bond acceptors (Lipinski definition) is 4. The molecule has 1 unspecified atom stereocenters. The lowest BCUT2D eigenvalue weighted by molar-refractivity contribution is 0.271. The Hall–Kier alpha value is -1.59. The topological polar surface area (TPSA) is 98.0 Å². The van der Waals surface area contributed by atoms with E-state index in [0.29, 0.717) is 17.6 Å². The summed E-state index contributed by atoms with van der Waals surface area (Å²) in [5, 5.41) is 0. The first kappa shape index (κ1) is 12.9. The lowest BCUT2D eigenvalue weighted by Crippen LogP contribution is -2.31. The van der Waals surface area contributed by atoms with Gasteiger partial charge < -0.3 is 15.9 Å². The molecule has 0 fully saturated rings. The second-order valence-electron chi connectivity index (χ2n) is 5.28. The number of hydrogen-bond donors (Lipinski definition) is 3. The van der Waals surface area contributed by atoms with Crippen LogP contribution in [0.15, 0.2) is 27.4 Å². The van der Waals surface area contributed by atoms with Gasteiger partial charge in [-0.05, 0) is 36.1 Å². The molecule has 0 bridgehead atoms. The van der Waals surface area contributed by atoms with Gasteiger partial charge in [0.1, 0.15) is 0 Å². The number of nitrogens with two attached hydrogens (primary N) is 2. The summed E-state index contributed by atoms with van der Waals surface area (Å²) >= 11 is 0. The van der Waals surface area contributed by atoms with Crippen LogP contribution in [0.1, 0.15) is 31.9 Å². The molecule has 0 radical (unpaired) electrons. The molecule has 1 atom stereocenters. The summed E-state index contributed by atoms with van der Waals surface area (Å²) in [4.78, 5) is 13.7. The average molecular weight is 249 g/mol. The number of benzene rings is 1. The molecule has 5 N–H and O–H groups in total. The third kappa shape index (κ3) is 2.32. The van der Waals surface area contributed by atoms with Gasteiger partial charge in [0.15, 0.2) is 5.58 Å². The number of nitrogens with one attached hydrogen (secondary N) is 1. The summed E-state index contributed by atoms with van der Waals surface area (Å²) in [5.74, 6) is -0.447. The SMILES string of the molecule is CC(C)(CCN)C(N)c1ccc2oc(=O)[nH]c2c1. The number of aromatic nitrogens is 1. The molecule has 0 saturated carbocycles. The Balaban J connectivity index is 2.38. The summed E-state index contributed by atoms with van der Waals surface area (Å²) in [6.07, 6.45) is 0.841. The highest BCUT2D eigenvalue weighted by Gasteiger charge is 2.27. The Morgan fingerprint density at radius 1 is 1.44 bits per heavy atom. The predicted molar refractivity (Wildman–Crippen MR) is 71.2 cm³/mol.